The third-order valence-corrected chi connectivity index (χ3v) is 2.09. The van der Waals surface area contributed by atoms with Crippen molar-refractivity contribution in [1.82, 2.24) is 14.5 Å². The van der Waals surface area contributed by atoms with E-state index in [0.717, 1.165) is 11.0 Å². The average molecular weight is 177 g/mol. The summed E-state index contributed by atoms with van der Waals surface area (Å²) in [5.41, 5.74) is 1.81. The van der Waals surface area contributed by atoms with Crippen molar-refractivity contribution in [3.05, 3.63) is 24.3 Å². The number of pyridine rings is 1. The molecule has 13 heavy (non-hydrogen) atoms. The third kappa shape index (κ3) is 1.19. The number of fused-ring (bicyclic) bond motifs is 1. The van der Waals surface area contributed by atoms with Crippen LogP contribution in [0.15, 0.2) is 18.5 Å². The standard InChI is InChI=1S/C9H11N3O/c1-6(13)9-11-7-3-4-10-5-8(7)12(9)2/h3-6,13H,1-2H3. The van der Waals surface area contributed by atoms with E-state index in [1.54, 1.807) is 19.3 Å². The van der Waals surface area contributed by atoms with Crippen molar-refractivity contribution >= 4 is 11.0 Å². The Bertz CT molecular complexity index is 433. The van der Waals surface area contributed by atoms with Crippen LogP contribution >= 0.6 is 0 Å². The lowest BCUT2D eigenvalue weighted by Crippen LogP contribution is -2.01. The summed E-state index contributed by atoms with van der Waals surface area (Å²) in [6.45, 7) is 1.70. The number of hydrogen-bond donors (Lipinski definition) is 1. The van der Waals surface area contributed by atoms with Crippen LogP contribution in [0.1, 0.15) is 18.9 Å². The Balaban J connectivity index is 2.74. The van der Waals surface area contributed by atoms with Gasteiger partial charge in [0.2, 0.25) is 0 Å². The highest BCUT2D eigenvalue weighted by Gasteiger charge is 2.10. The summed E-state index contributed by atoms with van der Waals surface area (Å²) in [6, 6.07) is 1.83. The van der Waals surface area contributed by atoms with Crippen LogP contribution in [0.5, 0.6) is 0 Å². The molecule has 1 atom stereocenters. The number of rotatable bonds is 1. The normalized spacial score (nSPS) is 13.5. The lowest BCUT2D eigenvalue weighted by Gasteiger charge is -2.03. The molecule has 2 heterocycles. The summed E-state index contributed by atoms with van der Waals surface area (Å²) in [6.07, 6.45) is 2.90. The number of imidazole rings is 1. The second-order valence-electron chi connectivity index (χ2n) is 3.07. The van der Waals surface area contributed by atoms with Gasteiger partial charge in [0.15, 0.2) is 0 Å². The van der Waals surface area contributed by atoms with E-state index in [1.165, 1.54) is 0 Å². The van der Waals surface area contributed by atoms with Gasteiger partial charge >= 0.3 is 0 Å². The molecule has 0 aliphatic rings. The molecular weight excluding hydrogens is 166 g/mol. The van der Waals surface area contributed by atoms with E-state index >= 15 is 0 Å². The smallest absolute Gasteiger partial charge is 0.138 e. The molecule has 0 saturated carbocycles. The SMILES string of the molecule is CC(O)c1nc2ccncc2n1C. The number of aryl methyl sites for hydroxylation is 1. The fourth-order valence-electron chi connectivity index (χ4n) is 1.43. The van der Waals surface area contributed by atoms with E-state index < -0.39 is 6.10 Å². The average Bonchev–Trinajstić information content (AvgIpc) is 2.45. The van der Waals surface area contributed by atoms with Crippen molar-refractivity contribution in [3.8, 4) is 0 Å². The monoisotopic (exact) mass is 177 g/mol. The van der Waals surface area contributed by atoms with Gasteiger partial charge in [0, 0.05) is 13.2 Å². The van der Waals surface area contributed by atoms with E-state index in [1.807, 2.05) is 17.7 Å². The summed E-state index contributed by atoms with van der Waals surface area (Å²) >= 11 is 0. The first-order chi connectivity index (χ1) is 6.20. The highest BCUT2D eigenvalue weighted by atomic mass is 16.3. The van der Waals surface area contributed by atoms with Gasteiger partial charge in [-0.25, -0.2) is 4.98 Å². The number of aromatic nitrogens is 3. The van der Waals surface area contributed by atoms with Gasteiger partial charge in [0.25, 0.3) is 0 Å². The molecule has 0 spiro atoms. The molecule has 2 aromatic rings. The molecule has 0 aliphatic heterocycles. The van der Waals surface area contributed by atoms with Gasteiger partial charge in [0.05, 0.1) is 17.2 Å². The maximum atomic E-state index is 9.40. The summed E-state index contributed by atoms with van der Waals surface area (Å²) in [5, 5.41) is 9.40. The molecule has 0 aromatic carbocycles. The Morgan fingerprint density at radius 2 is 2.31 bits per heavy atom. The van der Waals surface area contributed by atoms with Gasteiger partial charge in [-0.2, -0.15) is 0 Å². The first-order valence-corrected chi connectivity index (χ1v) is 4.14. The van der Waals surface area contributed by atoms with Crippen LogP contribution in [-0.4, -0.2) is 19.6 Å². The van der Waals surface area contributed by atoms with Crippen molar-refractivity contribution in [2.24, 2.45) is 7.05 Å². The molecule has 0 saturated heterocycles. The molecule has 2 rings (SSSR count). The summed E-state index contributed by atoms with van der Waals surface area (Å²) < 4.78 is 1.85. The summed E-state index contributed by atoms with van der Waals surface area (Å²) in [5.74, 6) is 0.669. The van der Waals surface area contributed by atoms with Crippen molar-refractivity contribution < 1.29 is 5.11 Å². The topological polar surface area (TPSA) is 50.9 Å². The van der Waals surface area contributed by atoms with Crippen LogP contribution in [-0.2, 0) is 7.05 Å². The minimum Gasteiger partial charge on any atom is -0.385 e. The van der Waals surface area contributed by atoms with Gasteiger partial charge in [-0.15, -0.1) is 0 Å². The Labute approximate surface area is 75.9 Å². The van der Waals surface area contributed by atoms with Crippen LogP contribution in [0.4, 0.5) is 0 Å². The van der Waals surface area contributed by atoms with Crippen LogP contribution in [0.3, 0.4) is 0 Å². The van der Waals surface area contributed by atoms with Crippen LogP contribution < -0.4 is 0 Å². The molecule has 2 aromatic heterocycles. The van der Waals surface area contributed by atoms with Crippen molar-refractivity contribution in [2.45, 2.75) is 13.0 Å². The first-order valence-electron chi connectivity index (χ1n) is 4.14. The predicted molar refractivity (Wildman–Crippen MR) is 49.1 cm³/mol. The highest BCUT2D eigenvalue weighted by molar-refractivity contribution is 5.74. The maximum Gasteiger partial charge on any atom is 0.138 e. The zero-order valence-electron chi connectivity index (χ0n) is 7.60. The van der Waals surface area contributed by atoms with Gasteiger partial charge in [0.1, 0.15) is 11.9 Å². The van der Waals surface area contributed by atoms with Gasteiger partial charge in [-0.05, 0) is 13.0 Å². The van der Waals surface area contributed by atoms with E-state index in [2.05, 4.69) is 9.97 Å². The number of aliphatic hydroxyl groups excluding tert-OH is 1. The molecule has 68 valence electrons. The Hall–Kier alpha value is -1.42. The molecular formula is C9H11N3O. The second-order valence-corrected chi connectivity index (χ2v) is 3.07. The number of hydrogen-bond acceptors (Lipinski definition) is 3. The minimum absolute atomic E-state index is 0.544. The van der Waals surface area contributed by atoms with E-state index in [4.69, 9.17) is 0 Å². The fourth-order valence-corrected chi connectivity index (χ4v) is 1.43. The molecule has 0 radical (unpaired) electrons. The number of aliphatic hydroxyl groups is 1. The Kier molecular flexibility index (Phi) is 1.77. The Morgan fingerprint density at radius 1 is 1.54 bits per heavy atom. The lowest BCUT2D eigenvalue weighted by atomic mass is 10.4. The third-order valence-electron chi connectivity index (χ3n) is 2.09. The van der Waals surface area contributed by atoms with E-state index in [9.17, 15) is 5.11 Å². The van der Waals surface area contributed by atoms with Crippen LogP contribution in [0.25, 0.3) is 11.0 Å². The Morgan fingerprint density at radius 3 is 2.92 bits per heavy atom. The molecule has 0 amide bonds. The van der Waals surface area contributed by atoms with Crippen molar-refractivity contribution in [1.29, 1.82) is 0 Å². The molecule has 0 fully saturated rings. The minimum atomic E-state index is -0.544. The highest BCUT2D eigenvalue weighted by Crippen LogP contribution is 2.17. The summed E-state index contributed by atoms with van der Waals surface area (Å²) in [4.78, 5) is 8.29. The zero-order valence-corrected chi connectivity index (χ0v) is 7.60. The maximum absolute atomic E-state index is 9.40. The quantitative estimate of drug-likeness (QED) is 0.707. The first kappa shape index (κ1) is 8.19. The largest absolute Gasteiger partial charge is 0.385 e. The van der Waals surface area contributed by atoms with E-state index in [0.29, 0.717) is 5.82 Å². The molecule has 0 aliphatic carbocycles. The number of nitrogens with zero attached hydrogens (tertiary/aromatic N) is 3. The van der Waals surface area contributed by atoms with Crippen LogP contribution in [0, 0.1) is 0 Å². The lowest BCUT2D eigenvalue weighted by molar-refractivity contribution is 0.186. The molecule has 4 nitrogen and oxygen atoms in total. The summed E-state index contributed by atoms with van der Waals surface area (Å²) in [7, 11) is 1.87. The zero-order chi connectivity index (χ0) is 9.42. The van der Waals surface area contributed by atoms with Gasteiger partial charge < -0.3 is 9.67 Å². The van der Waals surface area contributed by atoms with Crippen molar-refractivity contribution in [2.75, 3.05) is 0 Å². The van der Waals surface area contributed by atoms with E-state index in [-0.39, 0.29) is 0 Å². The van der Waals surface area contributed by atoms with Gasteiger partial charge in [-0.3, -0.25) is 4.98 Å². The molecule has 1 N–H and O–H groups in total. The van der Waals surface area contributed by atoms with Crippen molar-refractivity contribution in [3.63, 3.8) is 0 Å². The molecule has 1 unspecified atom stereocenters. The fraction of sp³-hybridized carbons (Fsp3) is 0.333. The predicted octanol–water partition coefficient (Wildman–Crippen LogP) is 1.02. The molecule has 4 heteroatoms. The molecule has 0 bridgehead atoms. The second kappa shape index (κ2) is 2.81. The van der Waals surface area contributed by atoms with Crippen LogP contribution in [0.2, 0.25) is 0 Å². The van der Waals surface area contributed by atoms with Gasteiger partial charge in [-0.1, -0.05) is 0 Å².